The molecular weight excluding hydrogens is 300 g/mol. The first-order valence-electron chi connectivity index (χ1n) is 8.25. The lowest BCUT2D eigenvalue weighted by molar-refractivity contribution is 0.134. The zero-order valence-corrected chi connectivity index (χ0v) is 14.4. The van der Waals surface area contributed by atoms with Crippen molar-refractivity contribution in [2.75, 3.05) is 38.1 Å². The van der Waals surface area contributed by atoms with Crippen molar-refractivity contribution in [3.05, 3.63) is 0 Å². The van der Waals surface area contributed by atoms with Gasteiger partial charge in [0.15, 0.2) is 0 Å². The van der Waals surface area contributed by atoms with Gasteiger partial charge in [0, 0.05) is 24.5 Å². The van der Waals surface area contributed by atoms with Gasteiger partial charge in [0.2, 0.25) is 0 Å². The van der Waals surface area contributed by atoms with Crippen molar-refractivity contribution in [1.29, 1.82) is 0 Å². The Morgan fingerprint density at radius 1 is 1.16 bits per heavy atom. The van der Waals surface area contributed by atoms with E-state index in [2.05, 4.69) is 39.6 Å². The van der Waals surface area contributed by atoms with Gasteiger partial charge < -0.3 is 4.90 Å². The first-order valence-corrected chi connectivity index (χ1v) is 9.37. The highest BCUT2D eigenvalue weighted by molar-refractivity contribution is 9.09. The van der Waals surface area contributed by atoms with E-state index in [1.807, 2.05) is 0 Å². The average Bonchev–Trinajstić information content (AvgIpc) is 2.89. The first kappa shape index (κ1) is 15.8. The molecular formula is C16H31BrN2. The van der Waals surface area contributed by atoms with Crippen LogP contribution in [-0.2, 0) is 0 Å². The molecule has 19 heavy (non-hydrogen) atoms. The van der Waals surface area contributed by atoms with E-state index in [0.717, 1.165) is 6.04 Å². The van der Waals surface area contributed by atoms with Crippen LogP contribution in [0.5, 0.6) is 0 Å². The monoisotopic (exact) mass is 330 g/mol. The van der Waals surface area contributed by atoms with Gasteiger partial charge in [-0.1, -0.05) is 49.0 Å². The molecule has 0 bridgehead atoms. The van der Waals surface area contributed by atoms with Crippen LogP contribution in [0.25, 0.3) is 0 Å². The molecule has 1 atom stereocenters. The van der Waals surface area contributed by atoms with Crippen molar-refractivity contribution in [3.63, 3.8) is 0 Å². The molecule has 1 unspecified atom stereocenters. The molecule has 1 aliphatic heterocycles. The van der Waals surface area contributed by atoms with Gasteiger partial charge in [0.1, 0.15) is 0 Å². The largest absolute Gasteiger partial charge is 0.301 e. The fraction of sp³-hybridized carbons (Fsp3) is 1.00. The van der Waals surface area contributed by atoms with E-state index in [9.17, 15) is 0 Å². The van der Waals surface area contributed by atoms with Gasteiger partial charge in [-0.3, -0.25) is 4.90 Å². The highest BCUT2D eigenvalue weighted by Gasteiger charge is 2.35. The number of likely N-dealkylation sites (tertiary alicyclic amines) is 1. The highest BCUT2D eigenvalue weighted by atomic mass is 79.9. The number of likely N-dealkylation sites (N-methyl/N-ethyl adjacent to an activating group) is 1. The molecule has 112 valence electrons. The zero-order valence-electron chi connectivity index (χ0n) is 12.8. The Hall–Kier alpha value is 0.400. The summed E-state index contributed by atoms with van der Waals surface area (Å²) >= 11 is 3.81. The van der Waals surface area contributed by atoms with Crippen molar-refractivity contribution in [3.8, 4) is 0 Å². The van der Waals surface area contributed by atoms with E-state index in [1.165, 1.54) is 76.6 Å². The summed E-state index contributed by atoms with van der Waals surface area (Å²) in [6, 6.07) is 0.811. The Kier molecular flexibility index (Phi) is 6.16. The van der Waals surface area contributed by atoms with Gasteiger partial charge in [-0.2, -0.15) is 0 Å². The molecule has 0 radical (unpaired) electrons. The third-order valence-corrected chi connectivity index (χ3v) is 6.52. The molecule has 3 heteroatoms. The van der Waals surface area contributed by atoms with E-state index < -0.39 is 0 Å². The summed E-state index contributed by atoms with van der Waals surface area (Å²) in [6.45, 7) is 11.0. The second-order valence-corrected chi connectivity index (χ2v) is 7.15. The van der Waals surface area contributed by atoms with Crippen LogP contribution in [0.2, 0.25) is 0 Å². The summed E-state index contributed by atoms with van der Waals surface area (Å²) in [6.07, 6.45) is 8.59. The van der Waals surface area contributed by atoms with Gasteiger partial charge in [-0.15, -0.1) is 0 Å². The van der Waals surface area contributed by atoms with Crippen molar-refractivity contribution in [2.24, 2.45) is 5.41 Å². The maximum absolute atomic E-state index is 3.81. The molecule has 1 saturated carbocycles. The van der Waals surface area contributed by atoms with Gasteiger partial charge in [-0.25, -0.2) is 0 Å². The van der Waals surface area contributed by atoms with Crippen molar-refractivity contribution >= 4 is 15.9 Å². The summed E-state index contributed by atoms with van der Waals surface area (Å²) in [5.41, 5.74) is 0.580. The Morgan fingerprint density at radius 2 is 1.84 bits per heavy atom. The minimum Gasteiger partial charge on any atom is -0.301 e. The van der Waals surface area contributed by atoms with Gasteiger partial charge in [0.05, 0.1) is 0 Å². The SMILES string of the molecule is CCN(CC)C1CCN(CC2(CBr)CCCCC2)C1. The van der Waals surface area contributed by atoms with Crippen molar-refractivity contribution < 1.29 is 0 Å². The number of halogens is 1. The first-order chi connectivity index (χ1) is 9.23. The molecule has 2 nitrogen and oxygen atoms in total. The predicted molar refractivity (Wildman–Crippen MR) is 87.1 cm³/mol. The van der Waals surface area contributed by atoms with Crippen LogP contribution in [0.1, 0.15) is 52.4 Å². The van der Waals surface area contributed by atoms with Gasteiger partial charge in [-0.05, 0) is 44.3 Å². The molecule has 1 saturated heterocycles. The van der Waals surface area contributed by atoms with E-state index in [4.69, 9.17) is 0 Å². The third kappa shape index (κ3) is 3.95. The second kappa shape index (κ2) is 7.42. The molecule has 2 aliphatic rings. The molecule has 0 amide bonds. The molecule has 1 heterocycles. The van der Waals surface area contributed by atoms with Crippen LogP contribution in [0.3, 0.4) is 0 Å². The third-order valence-electron chi connectivity index (χ3n) is 5.33. The lowest BCUT2D eigenvalue weighted by atomic mass is 9.75. The molecule has 1 aliphatic carbocycles. The standard InChI is InChI=1S/C16H31BrN2/c1-3-19(4-2)15-8-11-18(12-15)14-16(13-17)9-6-5-7-10-16/h15H,3-14H2,1-2H3. The Morgan fingerprint density at radius 3 is 2.42 bits per heavy atom. The minimum atomic E-state index is 0.580. The summed E-state index contributed by atoms with van der Waals surface area (Å²) in [7, 11) is 0. The van der Waals surface area contributed by atoms with E-state index in [1.54, 1.807) is 0 Å². The average molecular weight is 331 g/mol. The van der Waals surface area contributed by atoms with Crippen LogP contribution in [-0.4, -0.2) is 53.9 Å². The van der Waals surface area contributed by atoms with Gasteiger partial charge >= 0.3 is 0 Å². The van der Waals surface area contributed by atoms with Crippen LogP contribution >= 0.6 is 15.9 Å². The second-order valence-electron chi connectivity index (χ2n) is 6.59. The Bertz CT molecular complexity index is 259. The van der Waals surface area contributed by atoms with Crippen LogP contribution in [0.15, 0.2) is 0 Å². The lowest BCUT2D eigenvalue weighted by Crippen LogP contribution is -2.42. The topological polar surface area (TPSA) is 6.48 Å². The minimum absolute atomic E-state index is 0.580. The van der Waals surface area contributed by atoms with Crippen LogP contribution in [0.4, 0.5) is 0 Å². The molecule has 2 fully saturated rings. The van der Waals surface area contributed by atoms with E-state index in [-0.39, 0.29) is 0 Å². The molecule has 0 aromatic rings. The molecule has 2 rings (SSSR count). The highest BCUT2D eigenvalue weighted by Crippen LogP contribution is 2.39. The summed E-state index contributed by atoms with van der Waals surface area (Å²) < 4.78 is 0. The quantitative estimate of drug-likeness (QED) is 0.684. The van der Waals surface area contributed by atoms with Crippen LogP contribution < -0.4 is 0 Å². The van der Waals surface area contributed by atoms with Gasteiger partial charge in [0.25, 0.3) is 0 Å². The normalized spacial score (nSPS) is 28.1. The van der Waals surface area contributed by atoms with E-state index >= 15 is 0 Å². The molecule has 0 spiro atoms. The molecule has 0 N–H and O–H groups in total. The number of rotatable bonds is 6. The fourth-order valence-electron chi connectivity index (χ4n) is 4.10. The van der Waals surface area contributed by atoms with Crippen LogP contribution in [0, 0.1) is 5.41 Å². The fourth-order valence-corrected chi connectivity index (χ4v) is 4.84. The maximum Gasteiger partial charge on any atom is 0.0235 e. The van der Waals surface area contributed by atoms with E-state index in [0.29, 0.717) is 5.41 Å². The zero-order chi connectivity index (χ0) is 13.7. The summed E-state index contributed by atoms with van der Waals surface area (Å²) in [4.78, 5) is 5.39. The Labute approximate surface area is 128 Å². The molecule has 0 aromatic heterocycles. The predicted octanol–water partition coefficient (Wildman–Crippen LogP) is 3.75. The smallest absolute Gasteiger partial charge is 0.0235 e. The number of nitrogens with zero attached hydrogens (tertiary/aromatic N) is 2. The summed E-state index contributed by atoms with van der Waals surface area (Å²) in [5, 5.41) is 1.20. The number of alkyl halides is 1. The summed E-state index contributed by atoms with van der Waals surface area (Å²) in [5.74, 6) is 0. The van der Waals surface area contributed by atoms with Crippen molar-refractivity contribution in [2.45, 2.75) is 58.4 Å². The number of hydrogen-bond donors (Lipinski definition) is 0. The van der Waals surface area contributed by atoms with Crippen molar-refractivity contribution in [1.82, 2.24) is 9.80 Å². The maximum atomic E-state index is 3.81. The number of hydrogen-bond acceptors (Lipinski definition) is 2. The lowest BCUT2D eigenvalue weighted by Gasteiger charge is -2.39. The molecule has 0 aromatic carbocycles. The Balaban J connectivity index is 1.86.